The van der Waals surface area contributed by atoms with E-state index in [9.17, 15) is 4.79 Å². The Kier molecular flexibility index (Phi) is 3.88. The van der Waals surface area contributed by atoms with Crippen molar-refractivity contribution in [3.63, 3.8) is 0 Å². The third-order valence-electron chi connectivity index (χ3n) is 3.20. The van der Waals surface area contributed by atoms with E-state index in [0.717, 1.165) is 30.2 Å². The molecule has 4 nitrogen and oxygen atoms in total. The van der Waals surface area contributed by atoms with Gasteiger partial charge in [0.05, 0.1) is 6.54 Å². The Morgan fingerprint density at radius 2 is 1.81 bits per heavy atom. The van der Waals surface area contributed by atoms with Gasteiger partial charge in [0, 0.05) is 28.4 Å². The molecule has 0 aliphatic carbocycles. The Hall–Kier alpha value is -2.33. The summed E-state index contributed by atoms with van der Waals surface area (Å²) in [6, 6.07) is 14.4. The molecule has 1 aliphatic rings. The molecule has 0 spiro atoms. The van der Waals surface area contributed by atoms with Crippen LogP contribution in [-0.2, 0) is 0 Å². The molecular formula is C16H14ClN3O. The molecule has 0 unspecified atom stereocenters. The molecule has 0 radical (unpaired) electrons. The largest absolute Gasteiger partial charge is 0.368 e. The Bertz CT molecular complexity index is 678. The van der Waals surface area contributed by atoms with Crippen molar-refractivity contribution < 1.29 is 4.79 Å². The fourth-order valence-electron chi connectivity index (χ4n) is 2.11. The summed E-state index contributed by atoms with van der Waals surface area (Å²) >= 11 is 5.81. The maximum absolute atomic E-state index is 12.1. The van der Waals surface area contributed by atoms with Crippen molar-refractivity contribution in [3.05, 3.63) is 64.7 Å². The maximum atomic E-state index is 12.1. The fraction of sp³-hybridized carbons (Fsp3) is 0.125. The van der Waals surface area contributed by atoms with Gasteiger partial charge in [0.25, 0.3) is 5.91 Å². The van der Waals surface area contributed by atoms with Crippen LogP contribution in [0.4, 0.5) is 5.69 Å². The molecule has 3 rings (SSSR count). The van der Waals surface area contributed by atoms with Crippen molar-refractivity contribution in [3.8, 4) is 0 Å². The monoisotopic (exact) mass is 299 g/mol. The van der Waals surface area contributed by atoms with Gasteiger partial charge in [-0.1, -0.05) is 11.6 Å². The number of carbonyl (C=O) groups excluding carboxylic acids is 1. The Morgan fingerprint density at radius 1 is 1.10 bits per heavy atom. The number of nitrogens with zero attached hydrogens (tertiary/aromatic N) is 1. The van der Waals surface area contributed by atoms with Gasteiger partial charge in [-0.3, -0.25) is 9.79 Å². The lowest BCUT2D eigenvalue weighted by atomic mass is 10.1. The van der Waals surface area contributed by atoms with Gasteiger partial charge in [0.15, 0.2) is 0 Å². The van der Waals surface area contributed by atoms with Gasteiger partial charge in [0.2, 0.25) is 0 Å². The molecule has 5 heteroatoms. The van der Waals surface area contributed by atoms with E-state index in [-0.39, 0.29) is 5.91 Å². The first-order valence-electron chi connectivity index (χ1n) is 6.68. The first kappa shape index (κ1) is 13.6. The van der Waals surface area contributed by atoms with Crippen LogP contribution in [0.1, 0.15) is 15.9 Å². The second kappa shape index (κ2) is 5.97. The molecule has 0 aromatic heterocycles. The summed E-state index contributed by atoms with van der Waals surface area (Å²) in [5.41, 5.74) is 2.35. The molecule has 106 valence electrons. The number of aliphatic imine (C=N–C) groups is 1. The predicted molar refractivity (Wildman–Crippen MR) is 85.3 cm³/mol. The molecule has 0 bridgehead atoms. The summed E-state index contributed by atoms with van der Waals surface area (Å²) in [7, 11) is 0. The molecule has 1 heterocycles. The number of amidine groups is 1. The van der Waals surface area contributed by atoms with Crippen LogP contribution in [-0.4, -0.2) is 24.8 Å². The van der Waals surface area contributed by atoms with Crippen molar-refractivity contribution in [2.24, 2.45) is 4.99 Å². The van der Waals surface area contributed by atoms with E-state index in [2.05, 4.69) is 15.6 Å². The lowest BCUT2D eigenvalue weighted by Crippen LogP contribution is -2.19. The lowest BCUT2D eigenvalue weighted by molar-refractivity contribution is 0.102. The van der Waals surface area contributed by atoms with Crippen molar-refractivity contribution in [2.45, 2.75) is 0 Å². The molecule has 21 heavy (non-hydrogen) atoms. The van der Waals surface area contributed by atoms with Crippen molar-refractivity contribution in [1.29, 1.82) is 0 Å². The van der Waals surface area contributed by atoms with Gasteiger partial charge in [0.1, 0.15) is 5.84 Å². The number of hydrogen-bond donors (Lipinski definition) is 2. The maximum Gasteiger partial charge on any atom is 0.255 e. The standard InChI is InChI=1S/C16H14ClN3O/c17-13-5-1-12(2-6-13)16(21)20-14-7-3-11(4-8-14)15-18-9-10-19-15/h1-8H,9-10H2,(H,18,19)(H,20,21). The van der Waals surface area contributed by atoms with Crippen molar-refractivity contribution >= 4 is 29.0 Å². The number of benzene rings is 2. The highest BCUT2D eigenvalue weighted by molar-refractivity contribution is 6.30. The summed E-state index contributed by atoms with van der Waals surface area (Å²) in [6.45, 7) is 1.69. The third-order valence-corrected chi connectivity index (χ3v) is 3.45. The van der Waals surface area contributed by atoms with E-state index >= 15 is 0 Å². The summed E-state index contributed by atoms with van der Waals surface area (Å²) in [4.78, 5) is 16.4. The minimum atomic E-state index is -0.157. The number of amides is 1. The number of nitrogens with one attached hydrogen (secondary N) is 2. The summed E-state index contributed by atoms with van der Waals surface area (Å²) in [5, 5.41) is 6.68. The highest BCUT2D eigenvalue weighted by Crippen LogP contribution is 2.14. The minimum Gasteiger partial charge on any atom is -0.368 e. The van der Waals surface area contributed by atoms with Crippen LogP contribution in [0.25, 0.3) is 0 Å². The predicted octanol–water partition coefficient (Wildman–Crippen LogP) is 2.94. The number of halogens is 1. The average molecular weight is 300 g/mol. The second-order valence-electron chi connectivity index (χ2n) is 4.70. The molecule has 1 aliphatic heterocycles. The highest BCUT2D eigenvalue weighted by atomic mass is 35.5. The number of carbonyl (C=O) groups is 1. The molecule has 2 aromatic carbocycles. The normalized spacial score (nSPS) is 13.5. The summed E-state index contributed by atoms with van der Waals surface area (Å²) in [5.74, 6) is 0.751. The quantitative estimate of drug-likeness (QED) is 0.915. The number of anilines is 1. The van der Waals surface area contributed by atoms with Crippen molar-refractivity contribution in [1.82, 2.24) is 5.32 Å². The van der Waals surface area contributed by atoms with E-state index in [1.54, 1.807) is 24.3 Å². The van der Waals surface area contributed by atoms with Crippen LogP contribution in [0, 0.1) is 0 Å². The Labute approximate surface area is 127 Å². The van der Waals surface area contributed by atoms with E-state index < -0.39 is 0 Å². The molecule has 0 saturated carbocycles. The van der Waals surface area contributed by atoms with Crippen LogP contribution in [0.15, 0.2) is 53.5 Å². The van der Waals surface area contributed by atoms with Gasteiger partial charge >= 0.3 is 0 Å². The van der Waals surface area contributed by atoms with Crippen LogP contribution >= 0.6 is 11.6 Å². The van der Waals surface area contributed by atoms with E-state index in [1.807, 2.05) is 24.3 Å². The van der Waals surface area contributed by atoms with Gasteiger partial charge < -0.3 is 10.6 Å². The molecule has 2 aromatic rings. The molecular weight excluding hydrogens is 286 g/mol. The third kappa shape index (κ3) is 3.23. The van der Waals surface area contributed by atoms with Gasteiger partial charge in [-0.25, -0.2) is 0 Å². The van der Waals surface area contributed by atoms with E-state index in [1.165, 1.54) is 0 Å². The fourth-order valence-corrected chi connectivity index (χ4v) is 2.23. The van der Waals surface area contributed by atoms with E-state index in [4.69, 9.17) is 11.6 Å². The van der Waals surface area contributed by atoms with Gasteiger partial charge in [-0.05, 0) is 48.5 Å². The molecule has 0 atom stereocenters. The molecule has 1 amide bonds. The average Bonchev–Trinajstić information content (AvgIpc) is 3.03. The van der Waals surface area contributed by atoms with Crippen LogP contribution < -0.4 is 10.6 Å². The highest BCUT2D eigenvalue weighted by Gasteiger charge is 2.09. The van der Waals surface area contributed by atoms with Gasteiger partial charge in [-0.2, -0.15) is 0 Å². The zero-order chi connectivity index (χ0) is 14.7. The lowest BCUT2D eigenvalue weighted by Gasteiger charge is -2.07. The number of rotatable bonds is 3. The van der Waals surface area contributed by atoms with Gasteiger partial charge in [-0.15, -0.1) is 0 Å². The van der Waals surface area contributed by atoms with Crippen LogP contribution in [0.2, 0.25) is 5.02 Å². The number of hydrogen-bond acceptors (Lipinski definition) is 3. The molecule has 0 fully saturated rings. The Balaban J connectivity index is 1.70. The van der Waals surface area contributed by atoms with Crippen LogP contribution in [0.3, 0.4) is 0 Å². The molecule has 2 N–H and O–H groups in total. The van der Waals surface area contributed by atoms with Crippen LogP contribution in [0.5, 0.6) is 0 Å². The Morgan fingerprint density at radius 3 is 2.43 bits per heavy atom. The van der Waals surface area contributed by atoms with Crippen molar-refractivity contribution in [2.75, 3.05) is 18.4 Å². The molecule has 0 saturated heterocycles. The SMILES string of the molecule is O=C(Nc1ccc(C2=NCCN2)cc1)c1ccc(Cl)cc1. The second-order valence-corrected chi connectivity index (χ2v) is 5.13. The summed E-state index contributed by atoms with van der Waals surface area (Å²) < 4.78 is 0. The minimum absolute atomic E-state index is 0.157. The zero-order valence-electron chi connectivity index (χ0n) is 11.3. The topological polar surface area (TPSA) is 53.5 Å². The first-order valence-corrected chi connectivity index (χ1v) is 7.06. The zero-order valence-corrected chi connectivity index (χ0v) is 12.0. The van der Waals surface area contributed by atoms with E-state index in [0.29, 0.717) is 10.6 Å². The summed E-state index contributed by atoms with van der Waals surface area (Å²) in [6.07, 6.45) is 0. The first-order chi connectivity index (χ1) is 10.2. The smallest absolute Gasteiger partial charge is 0.255 e.